The molecule has 0 aliphatic heterocycles. The maximum Gasteiger partial charge on any atom is 0.147 e. The van der Waals surface area contributed by atoms with Crippen molar-refractivity contribution in [1.82, 2.24) is 4.98 Å². The predicted octanol–water partition coefficient (Wildman–Crippen LogP) is 4.20. The molecule has 0 saturated heterocycles. The minimum Gasteiger partial charge on any atom is -0.497 e. The Morgan fingerprint density at radius 3 is 2.57 bits per heavy atom. The van der Waals surface area contributed by atoms with Crippen LogP contribution in [-0.2, 0) is 0 Å². The first kappa shape index (κ1) is 15.9. The van der Waals surface area contributed by atoms with E-state index < -0.39 is 0 Å². The van der Waals surface area contributed by atoms with Crippen LogP contribution in [0.5, 0.6) is 11.5 Å². The van der Waals surface area contributed by atoms with Gasteiger partial charge in [-0.15, -0.1) is 0 Å². The van der Waals surface area contributed by atoms with Gasteiger partial charge in [-0.1, -0.05) is 11.6 Å². The molecular formula is C15H12ClIN2O2. The summed E-state index contributed by atoms with van der Waals surface area (Å²) in [4.78, 5) is 4.19. The lowest BCUT2D eigenvalue weighted by Gasteiger charge is -2.15. The number of benzene rings is 1. The number of methoxy groups -OCH3 is 2. The Kier molecular flexibility index (Phi) is 4.91. The number of aromatic nitrogens is 1. The number of pyridine rings is 1. The molecule has 2 aromatic rings. The van der Waals surface area contributed by atoms with E-state index in [2.05, 4.69) is 33.6 Å². The van der Waals surface area contributed by atoms with Crippen molar-refractivity contribution in [2.45, 2.75) is 6.92 Å². The molecule has 1 aromatic heterocycles. The largest absolute Gasteiger partial charge is 0.497 e. The molecule has 0 bridgehead atoms. The van der Waals surface area contributed by atoms with Gasteiger partial charge in [0.2, 0.25) is 0 Å². The van der Waals surface area contributed by atoms with E-state index in [1.807, 2.05) is 19.1 Å². The van der Waals surface area contributed by atoms with Gasteiger partial charge < -0.3 is 9.47 Å². The van der Waals surface area contributed by atoms with Crippen LogP contribution in [0.1, 0.15) is 11.3 Å². The third-order valence-corrected chi connectivity index (χ3v) is 4.64. The van der Waals surface area contributed by atoms with Crippen LogP contribution < -0.4 is 9.47 Å². The summed E-state index contributed by atoms with van der Waals surface area (Å²) in [5.74, 6) is 1.30. The monoisotopic (exact) mass is 414 g/mol. The molecule has 0 spiro atoms. The standard InChI is InChI=1S/C15H12ClIN2O2/c1-8-14(17)13(11(7-18)15(16)19-8)10-5-4-9(20-2)6-12(10)21-3/h4-6H,1-3H3. The second-order valence-electron chi connectivity index (χ2n) is 4.23. The van der Waals surface area contributed by atoms with Crippen LogP contribution in [0.3, 0.4) is 0 Å². The third-order valence-electron chi connectivity index (χ3n) is 3.05. The lowest BCUT2D eigenvalue weighted by Crippen LogP contribution is -1.99. The highest BCUT2D eigenvalue weighted by Gasteiger charge is 2.20. The average Bonchev–Trinajstić information content (AvgIpc) is 2.50. The molecule has 4 nitrogen and oxygen atoms in total. The smallest absolute Gasteiger partial charge is 0.147 e. The average molecular weight is 415 g/mol. The zero-order chi connectivity index (χ0) is 15.6. The normalized spacial score (nSPS) is 10.1. The maximum atomic E-state index is 9.40. The van der Waals surface area contributed by atoms with Gasteiger partial charge in [0.15, 0.2) is 0 Å². The topological polar surface area (TPSA) is 55.1 Å². The molecule has 0 atom stereocenters. The summed E-state index contributed by atoms with van der Waals surface area (Å²) in [6.45, 7) is 1.86. The second kappa shape index (κ2) is 6.50. The maximum absolute atomic E-state index is 9.40. The summed E-state index contributed by atoms with van der Waals surface area (Å²) in [5, 5.41) is 9.59. The fourth-order valence-corrected chi connectivity index (χ4v) is 2.95. The van der Waals surface area contributed by atoms with Crippen molar-refractivity contribution in [2.24, 2.45) is 0 Å². The molecule has 0 amide bonds. The Morgan fingerprint density at radius 2 is 2.00 bits per heavy atom. The first-order valence-electron chi connectivity index (χ1n) is 6.01. The van der Waals surface area contributed by atoms with Crippen molar-refractivity contribution < 1.29 is 9.47 Å². The molecule has 1 aromatic carbocycles. The van der Waals surface area contributed by atoms with E-state index in [1.54, 1.807) is 20.3 Å². The molecule has 1 heterocycles. The lowest BCUT2D eigenvalue weighted by molar-refractivity contribution is 0.395. The molecular weight excluding hydrogens is 403 g/mol. The quantitative estimate of drug-likeness (QED) is 0.558. The van der Waals surface area contributed by atoms with Gasteiger partial charge in [-0.25, -0.2) is 4.98 Å². The fourth-order valence-electron chi connectivity index (χ4n) is 2.01. The number of hydrogen-bond acceptors (Lipinski definition) is 4. The summed E-state index contributed by atoms with van der Waals surface area (Å²) in [5.41, 5.74) is 2.63. The van der Waals surface area contributed by atoms with Crippen molar-refractivity contribution in [3.05, 3.63) is 38.2 Å². The Bertz CT molecular complexity index is 741. The van der Waals surface area contributed by atoms with E-state index in [0.29, 0.717) is 17.1 Å². The highest BCUT2D eigenvalue weighted by atomic mass is 127. The number of ether oxygens (including phenoxy) is 2. The van der Waals surface area contributed by atoms with Gasteiger partial charge >= 0.3 is 0 Å². The molecule has 6 heteroatoms. The molecule has 108 valence electrons. The summed E-state index contributed by atoms with van der Waals surface area (Å²) >= 11 is 8.27. The Balaban J connectivity index is 2.81. The molecule has 0 fully saturated rings. The number of rotatable bonds is 3. The van der Waals surface area contributed by atoms with Gasteiger partial charge in [-0.2, -0.15) is 5.26 Å². The zero-order valence-electron chi connectivity index (χ0n) is 11.7. The highest BCUT2D eigenvalue weighted by molar-refractivity contribution is 14.1. The Hall–Kier alpha value is -1.52. The number of aryl methyl sites for hydroxylation is 1. The molecule has 0 aliphatic rings. The van der Waals surface area contributed by atoms with Crippen molar-refractivity contribution >= 4 is 34.2 Å². The van der Waals surface area contributed by atoms with E-state index in [9.17, 15) is 5.26 Å². The van der Waals surface area contributed by atoms with Crippen LogP contribution in [0, 0.1) is 21.8 Å². The molecule has 0 aliphatic carbocycles. The summed E-state index contributed by atoms with van der Waals surface area (Å²) < 4.78 is 11.5. The molecule has 0 N–H and O–H groups in total. The van der Waals surface area contributed by atoms with Gasteiger partial charge in [-0.3, -0.25) is 0 Å². The van der Waals surface area contributed by atoms with Crippen LogP contribution >= 0.6 is 34.2 Å². The van der Waals surface area contributed by atoms with Crippen LogP contribution in [0.4, 0.5) is 0 Å². The number of nitriles is 1. The summed E-state index contributed by atoms with van der Waals surface area (Å²) in [6, 6.07) is 7.57. The number of nitrogens with zero attached hydrogens (tertiary/aromatic N) is 2. The first-order chi connectivity index (χ1) is 10.0. The SMILES string of the molecule is COc1ccc(-c2c(I)c(C)nc(Cl)c2C#N)c(OC)c1. The van der Waals surface area contributed by atoms with E-state index in [1.165, 1.54) is 0 Å². The summed E-state index contributed by atoms with van der Waals surface area (Å²) in [6.07, 6.45) is 0. The second-order valence-corrected chi connectivity index (χ2v) is 5.67. The van der Waals surface area contributed by atoms with Crippen molar-refractivity contribution in [3.63, 3.8) is 0 Å². The molecule has 0 saturated carbocycles. The van der Waals surface area contributed by atoms with Crippen LogP contribution in [-0.4, -0.2) is 19.2 Å². The minimum atomic E-state index is 0.197. The van der Waals surface area contributed by atoms with Gasteiger partial charge in [0.1, 0.15) is 22.7 Å². The Morgan fingerprint density at radius 1 is 1.29 bits per heavy atom. The van der Waals surface area contributed by atoms with E-state index in [-0.39, 0.29) is 5.15 Å². The van der Waals surface area contributed by atoms with Gasteiger partial charge in [0, 0.05) is 20.8 Å². The first-order valence-corrected chi connectivity index (χ1v) is 7.47. The molecule has 2 rings (SSSR count). The number of halogens is 2. The van der Waals surface area contributed by atoms with Gasteiger partial charge in [-0.05, 0) is 41.6 Å². The minimum absolute atomic E-state index is 0.197. The van der Waals surface area contributed by atoms with Crippen molar-refractivity contribution in [3.8, 4) is 28.7 Å². The Labute approximate surface area is 141 Å². The van der Waals surface area contributed by atoms with Crippen LogP contribution in [0.15, 0.2) is 18.2 Å². The highest BCUT2D eigenvalue weighted by Crippen LogP contribution is 2.40. The predicted molar refractivity (Wildman–Crippen MR) is 90.0 cm³/mol. The zero-order valence-corrected chi connectivity index (χ0v) is 14.6. The van der Waals surface area contributed by atoms with Crippen LogP contribution in [0.2, 0.25) is 5.15 Å². The number of hydrogen-bond donors (Lipinski definition) is 0. The van der Waals surface area contributed by atoms with Crippen molar-refractivity contribution in [1.29, 1.82) is 5.26 Å². The summed E-state index contributed by atoms with van der Waals surface area (Å²) in [7, 11) is 3.17. The van der Waals surface area contributed by atoms with E-state index in [0.717, 1.165) is 20.4 Å². The molecule has 0 radical (unpaired) electrons. The van der Waals surface area contributed by atoms with E-state index >= 15 is 0 Å². The molecule has 21 heavy (non-hydrogen) atoms. The van der Waals surface area contributed by atoms with Crippen LogP contribution in [0.25, 0.3) is 11.1 Å². The van der Waals surface area contributed by atoms with Crippen molar-refractivity contribution in [2.75, 3.05) is 14.2 Å². The van der Waals surface area contributed by atoms with E-state index in [4.69, 9.17) is 21.1 Å². The third kappa shape index (κ3) is 2.92. The fraction of sp³-hybridized carbons (Fsp3) is 0.200. The molecule has 0 unspecified atom stereocenters. The lowest BCUT2D eigenvalue weighted by atomic mass is 10.00. The van der Waals surface area contributed by atoms with Gasteiger partial charge in [0.05, 0.1) is 25.5 Å². The van der Waals surface area contributed by atoms with Gasteiger partial charge in [0.25, 0.3) is 0 Å².